The molecule has 88 valence electrons. The molecule has 2 aliphatic rings. The summed E-state index contributed by atoms with van der Waals surface area (Å²) in [5.74, 6) is 1.69. The first-order valence-corrected chi connectivity index (χ1v) is 6.77. The number of anilines is 1. The van der Waals surface area contributed by atoms with Gasteiger partial charge in [0.05, 0.1) is 12.1 Å². The quantitative estimate of drug-likeness (QED) is 0.876. The molecule has 3 rings (SSSR count). The van der Waals surface area contributed by atoms with Crippen LogP contribution in [0.2, 0.25) is 0 Å². The minimum Gasteiger partial charge on any atom is -0.379 e. The van der Waals surface area contributed by atoms with Crippen LogP contribution < -0.4 is 5.32 Å². The summed E-state index contributed by atoms with van der Waals surface area (Å²) in [4.78, 5) is 4.55. The third kappa shape index (κ3) is 2.06. The molecule has 1 aromatic heterocycles. The average molecular weight is 239 g/mol. The zero-order chi connectivity index (χ0) is 11.0. The van der Waals surface area contributed by atoms with E-state index in [1.807, 2.05) is 0 Å². The maximum Gasteiger partial charge on any atom is 0.202 e. The molecule has 0 saturated heterocycles. The Hall–Kier alpha value is -0.680. The van der Waals surface area contributed by atoms with Crippen molar-refractivity contribution >= 4 is 16.7 Å². The summed E-state index contributed by atoms with van der Waals surface area (Å²) in [6.07, 6.45) is 6.44. The second kappa shape index (κ2) is 4.30. The highest BCUT2D eigenvalue weighted by Crippen LogP contribution is 2.39. The molecule has 0 bridgehead atoms. The van der Waals surface area contributed by atoms with Crippen LogP contribution in [0.5, 0.6) is 0 Å². The molecule has 0 radical (unpaired) electrons. The molecule has 0 amide bonds. The molecular weight excluding hydrogens is 222 g/mol. The van der Waals surface area contributed by atoms with Crippen molar-refractivity contribution in [3.05, 3.63) is 5.82 Å². The van der Waals surface area contributed by atoms with Crippen LogP contribution in [0.25, 0.3) is 0 Å². The summed E-state index contributed by atoms with van der Waals surface area (Å²) in [6.45, 7) is 0. The molecule has 16 heavy (non-hydrogen) atoms. The van der Waals surface area contributed by atoms with E-state index in [-0.39, 0.29) is 0 Å². The van der Waals surface area contributed by atoms with Gasteiger partial charge in [0, 0.05) is 24.6 Å². The van der Waals surface area contributed by atoms with Gasteiger partial charge in [-0.15, -0.1) is 0 Å². The van der Waals surface area contributed by atoms with Gasteiger partial charge in [-0.05, 0) is 32.1 Å². The standard InChI is InChI=1S/C11H17N3OS/c1-15-9-4-2-3-8(9)12-11-13-10(14-16-11)7-5-6-7/h7-9H,2-6H2,1H3,(H,12,13,14). The second-order valence-electron chi connectivity index (χ2n) is 4.69. The van der Waals surface area contributed by atoms with E-state index in [0.717, 1.165) is 17.4 Å². The molecule has 1 heterocycles. The van der Waals surface area contributed by atoms with E-state index in [4.69, 9.17) is 4.74 Å². The Morgan fingerprint density at radius 1 is 1.31 bits per heavy atom. The zero-order valence-corrected chi connectivity index (χ0v) is 10.3. The fourth-order valence-corrected chi connectivity index (χ4v) is 3.04. The van der Waals surface area contributed by atoms with Crippen molar-refractivity contribution in [1.82, 2.24) is 9.36 Å². The van der Waals surface area contributed by atoms with Gasteiger partial charge in [-0.3, -0.25) is 0 Å². The molecule has 2 fully saturated rings. The Labute approximate surface area is 99.6 Å². The summed E-state index contributed by atoms with van der Waals surface area (Å²) < 4.78 is 9.85. The van der Waals surface area contributed by atoms with Crippen molar-refractivity contribution in [2.45, 2.75) is 50.2 Å². The van der Waals surface area contributed by atoms with Crippen molar-refractivity contribution in [3.8, 4) is 0 Å². The van der Waals surface area contributed by atoms with Gasteiger partial charge in [-0.25, -0.2) is 4.98 Å². The first kappa shape index (κ1) is 10.5. The zero-order valence-electron chi connectivity index (χ0n) is 9.48. The number of rotatable bonds is 4. The number of nitrogens with zero attached hydrogens (tertiary/aromatic N) is 2. The predicted molar refractivity (Wildman–Crippen MR) is 63.9 cm³/mol. The number of hydrogen-bond donors (Lipinski definition) is 1. The first-order valence-electron chi connectivity index (χ1n) is 6.00. The fraction of sp³-hybridized carbons (Fsp3) is 0.818. The lowest BCUT2D eigenvalue weighted by Crippen LogP contribution is -2.29. The van der Waals surface area contributed by atoms with E-state index in [2.05, 4.69) is 14.7 Å². The van der Waals surface area contributed by atoms with Crippen LogP contribution in [-0.2, 0) is 4.74 Å². The molecule has 2 aliphatic carbocycles. The highest BCUT2D eigenvalue weighted by atomic mass is 32.1. The van der Waals surface area contributed by atoms with Crippen LogP contribution in [0.4, 0.5) is 5.13 Å². The fourth-order valence-electron chi connectivity index (χ4n) is 2.33. The lowest BCUT2D eigenvalue weighted by atomic mass is 10.2. The van der Waals surface area contributed by atoms with Gasteiger partial charge >= 0.3 is 0 Å². The smallest absolute Gasteiger partial charge is 0.202 e. The molecule has 0 aliphatic heterocycles. The Bertz CT molecular complexity index is 364. The van der Waals surface area contributed by atoms with Crippen LogP contribution >= 0.6 is 11.5 Å². The number of hydrogen-bond acceptors (Lipinski definition) is 5. The van der Waals surface area contributed by atoms with Gasteiger partial charge in [-0.2, -0.15) is 4.37 Å². The maximum absolute atomic E-state index is 5.46. The molecule has 2 atom stereocenters. The largest absolute Gasteiger partial charge is 0.379 e. The van der Waals surface area contributed by atoms with Crippen LogP contribution in [-0.4, -0.2) is 28.6 Å². The molecular formula is C11H17N3OS. The van der Waals surface area contributed by atoms with Gasteiger partial charge in [0.1, 0.15) is 5.82 Å². The van der Waals surface area contributed by atoms with E-state index < -0.39 is 0 Å². The monoisotopic (exact) mass is 239 g/mol. The van der Waals surface area contributed by atoms with E-state index in [1.165, 1.54) is 37.2 Å². The average Bonchev–Trinajstić information content (AvgIpc) is 2.88. The lowest BCUT2D eigenvalue weighted by molar-refractivity contribution is 0.101. The molecule has 0 spiro atoms. The van der Waals surface area contributed by atoms with Crippen LogP contribution in [0.1, 0.15) is 43.8 Å². The van der Waals surface area contributed by atoms with Crippen molar-refractivity contribution in [1.29, 1.82) is 0 Å². The molecule has 2 saturated carbocycles. The molecule has 4 nitrogen and oxygen atoms in total. The van der Waals surface area contributed by atoms with Gasteiger partial charge in [-0.1, -0.05) is 0 Å². The van der Waals surface area contributed by atoms with E-state index in [9.17, 15) is 0 Å². The van der Waals surface area contributed by atoms with Gasteiger partial charge < -0.3 is 10.1 Å². The van der Waals surface area contributed by atoms with E-state index in [0.29, 0.717) is 18.1 Å². The maximum atomic E-state index is 5.46. The number of methoxy groups -OCH3 is 1. The molecule has 1 aromatic rings. The van der Waals surface area contributed by atoms with Crippen LogP contribution in [0.15, 0.2) is 0 Å². The third-order valence-corrected chi connectivity index (χ3v) is 4.11. The van der Waals surface area contributed by atoms with Crippen LogP contribution in [0.3, 0.4) is 0 Å². The second-order valence-corrected chi connectivity index (χ2v) is 5.44. The van der Waals surface area contributed by atoms with Crippen molar-refractivity contribution in [2.24, 2.45) is 0 Å². The topological polar surface area (TPSA) is 47.0 Å². The summed E-state index contributed by atoms with van der Waals surface area (Å²) >= 11 is 1.49. The number of nitrogens with one attached hydrogen (secondary N) is 1. The molecule has 2 unspecified atom stereocenters. The van der Waals surface area contributed by atoms with Crippen molar-refractivity contribution in [3.63, 3.8) is 0 Å². The lowest BCUT2D eigenvalue weighted by Gasteiger charge is -2.18. The molecule has 1 N–H and O–H groups in total. The van der Waals surface area contributed by atoms with E-state index in [1.54, 1.807) is 7.11 Å². The minimum absolute atomic E-state index is 0.341. The minimum atomic E-state index is 0.341. The Balaban J connectivity index is 1.63. The van der Waals surface area contributed by atoms with Gasteiger partial charge in [0.15, 0.2) is 0 Å². The highest BCUT2D eigenvalue weighted by Gasteiger charge is 2.30. The Morgan fingerprint density at radius 3 is 2.94 bits per heavy atom. The third-order valence-electron chi connectivity index (χ3n) is 3.45. The first-order chi connectivity index (χ1) is 7.86. The van der Waals surface area contributed by atoms with Gasteiger partial charge in [0.2, 0.25) is 5.13 Å². The number of ether oxygens (including phenoxy) is 1. The Kier molecular flexibility index (Phi) is 2.81. The highest BCUT2D eigenvalue weighted by molar-refractivity contribution is 7.09. The SMILES string of the molecule is COC1CCCC1Nc1nc(C2CC2)ns1. The van der Waals surface area contributed by atoms with E-state index >= 15 is 0 Å². The molecule has 0 aromatic carbocycles. The summed E-state index contributed by atoms with van der Waals surface area (Å²) in [7, 11) is 1.79. The predicted octanol–water partition coefficient (Wildman–Crippen LogP) is 2.39. The van der Waals surface area contributed by atoms with Crippen molar-refractivity contribution < 1.29 is 4.74 Å². The van der Waals surface area contributed by atoms with Crippen molar-refractivity contribution in [2.75, 3.05) is 12.4 Å². The summed E-state index contributed by atoms with van der Waals surface area (Å²) in [5, 5.41) is 4.43. The summed E-state index contributed by atoms with van der Waals surface area (Å²) in [6, 6.07) is 0.421. The number of aromatic nitrogens is 2. The van der Waals surface area contributed by atoms with Crippen LogP contribution in [0, 0.1) is 0 Å². The Morgan fingerprint density at radius 2 is 2.19 bits per heavy atom. The van der Waals surface area contributed by atoms with Gasteiger partial charge in [0.25, 0.3) is 0 Å². The normalized spacial score (nSPS) is 29.6. The summed E-state index contributed by atoms with van der Waals surface area (Å²) in [5.41, 5.74) is 0. The molecule has 5 heteroatoms.